The van der Waals surface area contributed by atoms with E-state index in [-0.39, 0.29) is 11.9 Å². The fraction of sp³-hybridized carbons (Fsp3) is 0.185. The second-order valence-corrected chi connectivity index (χ2v) is 24.6. The number of esters is 2. The Bertz CT molecular complexity index is 4320. The summed E-state index contributed by atoms with van der Waals surface area (Å²) < 4.78 is 27.4. The van der Waals surface area contributed by atoms with Gasteiger partial charge in [0.2, 0.25) is 0 Å². The Balaban J connectivity index is 0.774. The molecule has 0 saturated heterocycles. The SMILES string of the molecule is C=CCN(c1ccc(C(C)(C)c2ccc(N(CC=C)c3cc4c(cc3C)Oc3cc(N(CC)c5ccccc5C)ccc3C43OC(=O)c4ccccc43)cc2)cc1)c1cc2c(cc1C)Oc1cc(N(CC)c3ccccc3C)ccc1C21OC(=O)c2ccccc21. The number of ether oxygens (including phenoxy) is 4. The molecule has 10 aromatic rings. The normalized spacial score (nSPS) is 16.2. The van der Waals surface area contributed by atoms with Crippen LogP contribution in [0.25, 0.3) is 0 Å². The number of para-hydroxylation sites is 2. The van der Waals surface area contributed by atoms with Crippen molar-refractivity contribution in [1.29, 1.82) is 0 Å². The number of nitrogens with zero attached hydrogens (tertiary/aromatic N) is 4. The van der Waals surface area contributed by atoms with Crippen molar-refractivity contribution < 1.29 is 28.5 Å². The fourth-order valence-electron chi connectivity index (χ4n) is 14.5. The van der Waals surface area contributed by atoms with Crippen molar-refractivity contribution in [3.8, 4) is 23.0 Å². The fourth-order valence-corrected chi connectivity index (χ4v) is 14.5. The largest absolute Gasteiger partial charge is 0.456 e. The summed E-state index contributed by atoms with van der Waals surface area (Å²) in [5.41, 5.74) is 17.3. The van der Waals surface area contributed by atoms with Gasteiger partial charge in [0, 0.05) is 123 Å². The molecular formula is C81H72N4O6. The molecule has 91 heavy (non-hydrogen) atoms. The van der Waals surface area contributed by atoms with Gasteiger partial charge in [-0.25, -0.2) is 9.59 Å². The minimum atomic E-state index is -1.27. The van der Waals surface area contributed by atoms with Crippen LogP contribution in [0.1, 0.15) is 115 Å². The summed E-state index contributed by atoms with van der Waals surface area (Å²) in [6.07, 6.45) is 3.83. The zero-order chi connectivity index (χ0) is 63.1. The van der Waals surface area contributed by atoms with E-state index in [1.54, 1.807) is 0 Å². The van der Waals surface area contributed by atoms with Gasteiger partial charge in [-0.05, 0) is 172 Å². The van der Waals surface area contributed by atoms with Crippen LogP contribution in [0.2, 0.25) is 0 Å². The Morgan fingerprint density at radius 3 is 1.13 bits per heavy atom. The molecule has 2 spiro atoms. The topological polar surface area (TPSA) is 84.0 Å². The van der Waals surface area contributed by atoms with Gasteiger partial charge < -0.3 is 38.5 Å². The molecule has 2 unspecified atom stereocenters. The summed E-state index contributed by atoms with van der Waals surface area (Å²) in [6.45, 7) is 28.2. The number of carbonyl (C=O) groups is 2. The number of aryl methyl sites for hydroxylation is 4. The molecule has 0 bridgehead atoms. The Hall–Kier alpha value is -10.6. The smallest absolute Gasteiger partial charge is 0.340 e. The Morgan fingerprint density at radius 1 is 0.385 bits per heavy atom. The summed E-state index contributed by atoms with van der Waals surface area (Å²) >= 11 is 0. The summed E-state index contributed by atoms with van der Waals surface area (Å²) in [5, 5.41) is 0. The molecule has 2 atom stereocenters. The minimum Gasteiger partial charge on any atom is -0.456 e. The first-order chi connectivity index (χ1) is 44.1. The van der Waals surface area contributed by atoms with Crippen molar-refractivity contribution in [2.75, 3.05) is 45.8 Å². The number of carbonyl (C=O) groups excluding carboxylic acids is 2. The third kappa shape index (κ3) is 9.20. The number of hydrogen-bond donors (Lipinski definition) is 0. The van der Waals surface area contributed by atoms with Gasteiger partial charge in [0.05, 0.1) is 11.1 Å². The second kappa shape index (κ2) is 22.5. The molecule has 0 radical (unpaired) electrons. The summed E-state index contributed by atoms with van der Waals surface area (Å²) in [7, 11) is 0. The first-order valence-electron chi connectivity index (χ1n) is 31.4. The number of fused-ring (bicyclic) bond motifs is 12. The number of hydrogen-bond acceptors (Lipinski definition) is 10. The number of benzene rings is 10. The van der Waals surface area contributed by atoms with E-state index in [0.29, 0.717) is 47.2 Å². The van der Waals surface area contributed by atoms with Crippen LogP contribution in [0.3, 0.4) is 0 Å². The van der Waals surface area contributed by atoms with Gasteiger partial charge >= 0.3 is 11.9 Å². The van der Waals surface area contributed by atoms with Gasteiger partial charge in [-0.1, -0.05) is 123 Å². The van der Waals surface area contributed by atoms with Crippen LogP contribution in [0, 0.1) is 27.7 Å². The quantitative estimate of drug-likeness (QED) is 0.0689. The first-order valence-corrected chi connectivity index (χ1v) is 31.4. The Morgan fingerprint density at radius 2 is 0.747 bits per heavy atom. The molecule has 4 heterocycles. The lowest BCUT2D eigenvalue weighted by molar-refractivity contribution is 0.0214. The van der Waals surface area contributed by atoms with E-state index in [9.17, 15) is 9.59 Å². The molecular weight excluding hydrogens is 1120 g/mol. The molecule has 10 heteroatoms. The van der Waals surface area contributed by atoms with Crippen molar-refractivity contribution in [3.05, 3.63) is 309 Å². The van der Waals surface area contributed by atoms with Gasteiger partial charge in [0.25, 0.3) is 0 Å². The van der Waals surface area contributed by atoms with E-state index in [1.165, 1.54) is 11.1 Å². The summed E-state index contributed by atoms with van der Waals surface area (Å²) in [4.78, 5) is 37.2. The zero-order valence-corrected chi connectivity index (χ0v) is 52.8. The first kappa shape index (κ1) is 58.1. The summed E-state index contributed by atoms with van der Waals surface area (Å²) in [5.74, 6) is 1.78. The number of rotatable bonds is 16. The van der Waals surface area contributed by atoms with Gasteiger partial charge in [-0.15, -0.1) is 13.2 Å². The summed E-state index contributed by atoms with van der Waals surface area (Å²) in [6, 6.07) is 70.7. The van der Waals surface area contributed by atoms with Gasteiger partial charge in [0.15, 0.2) is 11.2 Å². The van der Waals surface area contributed by atoms with Crippen LogP contribution in [0.4, 0.5) is 45.5 Å². The third-order valence-electron chi connectivity index (χ3n) is 19.1. The lowest BCUT2D eigenvalue weighted by Crippen LogP contribution is -2.34. The predicted molar refractivity (Wildman–Crippen MR) is 366 cm³/mol. The average molecular weight is 1200 g/mol. The molecule has 0 fully saturated rings. The maximum absolute atomic E-state index is 14.1. The molecule has 0 N–H and O–H groups in total. The number of anilines is 8. The van der Waals surface area contributed by atoms with Crippen LogP contribution in [0.5, 0.6) is 23.0 Å². The highest BCUT2D eigenvalue weighted by atomic mass is 16.6. The molecule has 10 aromatic carbocycles. The second-order valence-electron chi connectivity index (χ2n) is 24.6. The molecule has 0 aromatic heterocycles. The van der Waals surface area contributed by atoms with Crippen LogP contribution in [-0.2, 0) is 26.1 Å². The van der Waals surface area contributed by atoms with Crippen LogP contribution < -0.4 is 29.1 Å². The molecule has 10 nitrogen and oxygen atoms in total. The van der Waals surface area contributed by atoms with E-state index >= 15 is 0 Å². The predicted octanol–water partition coefficient (Wildman–Crippen LogP) is 19.3. The standard InChI is InChI=1S/C81H72N4O6/c1-11-43-84(71-49-67-73(45-53(71)7)88-75-47-59(82(13-3)69-29-21-15-23-51(69)5)39-41-65(75)80(67)63-27-19-17-25-61(63)77(86)90-80)57-35-31-55(32-36-57)79(9,10)56-33-37-58(38-34-56)85(44-12-2)72-50-68-74(46-54(72)8)89-76-48-60(83(14-4)70-30-22-16-24-52(70)6)40-42-66(76)81(68)64-28-20-18-26-62(64)78(87)91-81/h11-12,15-42,45-50H,1-2,13-14,43-44H2,3-10H3. The van der Waals surface area contributed by atoms with E-state index < -0.39 is 16.6 Å². The highest BCUT2D eigenvalue weighted by Gasteiger charge is 2.56. The molecule has 0 amide bonds. The van der Waals surface area contributed by atoms with Crippen LogP contribution >= 0.6 is 0 Å². The molecule has 0 saturated carbocycles. The van der Waals surface area contributed by atoms with E-state index in [4.69, 9.17) is 18.9 Å². The van der Waals surface area contributed by atoms with Gasteiger partial charge in [0.1, 0.15) is 23.0 Å². The Labute approximate surface area is 533 Å². The Kier molecular flexibility index (Phi) is 14.4. The van der Waals surface area contributed by atoms with E-state index in [1.807, 2.05) is 60.7 Å². The van der Waals surface area contributed by atoms with E-state index in [0.717, 1.165) is 114 Å². The van der Waals surface area contributed by atoms with Crippen molar-refractivity contribution in [2.45, 2.75) is 72.0 Å². The molecule has 452 valence electrons. The van der Waals surface area contributed by atoms with Crippen molar-refractivity contribution in [2.24, 2.45) is 0 Å². The lowest BCUT2D eigenvalue weighted by atomic mass is 9.77. The third-order valence-corrected chi connectivity index (χ3v) is 19.1. The molecule has 4 aliphatic rings. The van der Waals surface area contributed by atoms with Crippen molar-refractivity contribution >= 4 is 57.4 Å². The minimum absolute atomic E-state index is 0.376. The van der Waals surface area contributed by atoms with E-state index in [2.05, 4.69) is 246 Å². The maximum atomic E-state index is 14.1. The van der Waals surface area contributed by atoms with Crippen molar-refractivity contribution in [3.63, 3.8) is 0 Å². The monoisotopic (exact) mass is 1200 g/mol. The zero-order valence-electron chi connectivity index (χ0n) is 52.8. The highest BCUT2D eigenvalue weighted by molar-refractivity contribution is 5.98. The molecule has 4 aliphatic heterocycles. The van der Waals surface area contributed by atoms with Crippen molar-refractivity contribution in [1.82, 2.24) is 0 Å². The van der Waals surface area contributed by atoms with Crippen LogP contribution in [0.15, 0.2) is 232 Å². The maximum Gasteiger partial charge on any atom is 0.340 e. The highest BCUT2D eigenvalue weighted by Crippen LogP contribution is 2.60. The van der Waals surface area contributed by atoms with Crippen LogP contribution in [-0.4, -0.2) is 38.1 Å². The average Bonchev–Trinajstić information content (AvgIpc) is 1.64. The molecule has 0 aliphatic carbocycles. The van der Waals surface area contributed by atoms with Gasteiger partial charge in [-0.2, -0.15) is 0 Å². The lowest BCUT2D eigenvalue weighted by Gasteiger charge is -2.38. The van der Waals surface area contributed by atoms with Gasteiger partial charge in [-0.3, -0.25) is 0 Å². The molecule has 14 rings (SSSR count).